The van der Waals surface area contributed by atoms with Crippen molar-refractivity contribution in [2.45, 2.75) is 0 Å². The Morgan fingerprint density at radius 2 is 1.75 bits per heavy atom. The third-order valence-corrected chi connectivity index (χ3v) is 6.14. The Morgan fingerprint density at radius 3 is 2.47 bits per heavy atom. The van der Waals surface area contributed by atoms with E-state index in [4.69, 9.17) is 38.8 Å². The lowest BCUT2D eigenvalue weighted by molar-refractivity contribution is 0.252. The average molecular weight is 524 g/mol. The lowest BCUT2D eigenvalue weighted by Crippen LogP contribution is -2.34. The van der Waals surface area contributed by atoms with Crippen molar-refractivity contribution >= 4 is 51.5 Å². The molecule has 9 heteroatoms. The number of nitrogens with zero attached hydrogens (tertiary/aromatic N) is 2. The number of fused-ring (bicyclic) bond motifs is 1. The van der Waals surface area contributed by atoms with Crippen molar-refractivity contribution in [2.24, 2.45) is 5.84 Å². The maximum Gasteiger partial charge on any atom is 0.333 e. The molecule has 0 atom stereocenters. The standard InChI is InChI=1S/C27H27Cl2N5O2/c1-36-20-6-4-5-18(15-20)25-17-22(21-7-2-3-8-24(21)32-25)23-16-19(31-27(35)33-30)9-10-26(23)34(13-11-28)14-12-29/h2-10,15-17H,11-14,30H2,1H3,(H2,31,33,35). The Labute approximate surface area is 220 Å². The van der Waals surface area contributed by atoms with Crippen LogP contribution in [0, 0.1) is 0 Å². The molecule has 0 radical (unpaired) electrons. The molecule has 0 saturated heterocycles. The Kier molecular flexibility index (Phi) is 8.48. The van der Waals surface area contributed by atoms with Gasteiger partial charge in [0.25, 0.3) is 0 Å². The minimum atomic E-state index is -0.510. The number of urea groups is 1. The maximum atomic E-state index is 12.0. The molecule has 2 amide bonds. The Balaban J connectivity index is 1.98. The first kappa shape index (κ1) is 25.6. The van der Waals surface area contributed by atoms with E-state index in [1.165, 1.54) is 0 Å². The number of ether oxygens (including phenoxy) is 1. The number of hydrogen-bond donors (Lipinski definition) is 3. The molecule has 1 aromatic heterocycles. The van der Waals surface area contributed by atoms with E-state index in [1.54, 1.807) is 7.11 Å². The fourth-order valence-corrected chi connectivity index (χ4v) is 4.57. The van der Waals surface area contributed by atoms with Gasteiger partial charge in [-0.15, -0.1) is 23.2 Å². The number of benzene rings is 3. The number of anilines is 2. The predicted octanol–water partition coefficient (Wildman–Crippen LogP) is 5.86. The fourth-order valence-electron chi connectivity index (χ4n) is 4.16. The summed E-state index contributed by atoms with van der Waals surface area (Å²) < 4.78 is 5.43. The predicted molar refractivity (Wildman–Crippen MR) is 149 cm³/mol. The topological polar surface area (TPSA) is 92.5 Å². The van der Waals surface area contributed by atoms with E-state index < -0.39 is 6.03 Å². The Hall–Kier alpha value is -3.52. The average Bonchev–Trinajstić information content (AvgIpc) is 2.92. The largest absolute Gasteiger partial charge is 0.497 e. The summed E-state index contributed by atoms with van der Waals surface area (Å²) in [5.41, 5.74) is 8.08. The molecule has 4 aromatic rings. The van der Waals surface area contributed by atoms with Gasteiger partial charge in [0, 0.05) is 52.7 Å². The highest BCUT2D eigenvalue weighted by atomic mass is 35.5. The van der Waals surface area contributed by atoms with E-state index in [0.717, 1.165) is 44.7 Å². The summed E-state index contributed by atoms with van der Waals surface area (Å²) in [7, 11) is 1.64. The van der Waals surface area contributed by atoms with Gasteiger partial charge < -0.3 is 15.0 Å². The molecule has 1 heterocycles. The highest BCUT2D eigenvalue weighted by Crippen LogP contribution is 2.39. The van der Waals surface area contributed by atoms with E-state index in [-0.39, 0.29) is 0 Å². The number of halogens is 2. The van der Waals surface area contributed by atoms with Gasteiger partial charge >= 0.3 is 6.03 Å². The normalized spacial score (nSPS) is 10.8. The number of nitrogens with one attached hydrogen (secondary N) is 2. The van der Waals surface area contributed by atoms with E-state index in [2.05, 4.69) is 21.7 Å². The number of amides is 2. The summed E-state index contributed by atoms with van der Waals surface area (Å²) in [4.78, 5) is 19.0. The van der Waals surface area contributed by atoms with Crippen LogP contribution in [0.5, 0.6) is 5.75 Å². The molecule has 0 fully saturated rings. The van der Waals surface area contributed by atoms with E-state index >= 15 is 0 Å². The molecular weight excluding hydrogens is 497 g/mol. The molecule has 0 bridgehead atoms. The Bertz CT molecular complexity index is 1360. The van der Waals surface area contributed by atoms with Gasteiger partial charge in [0.15, 0.2) is 0 Å². The quantitative estimate of drug-likeness (QED) is 0.110. The van der Waals surface area contributed by atoms with Crippen molar-refractivity contribution in [1.82, 2.24) is 10.4 Å². The van der Waals surface area contributed by atoms with Crippen LogP contribution in [0.1, 0.15) is 0 Å². The smallest absolute Gasteiger partial charge is 0.333 e. The number of alkyl halides is 2. The van der Waals surface area contributed by atoms with Crippen LogP contribution in [0.3, 0.4) is 0 Å². The van der Waals surface area contributed by atoms with Crippen LogP contribution in [0.2, 0.25) is 0 Å². The zero-order valence-corrected chi connectivity index (χ0v) is 21.3. The van der Waals surface area contributed by atoms with Gasteiger partial charge in [-0.05, 0) is 48.0 Å². The van der Waals surface area contributed by atoms with Crippen LogP contribution >= 0.6 is 23.2 Å². The molecule has 4 N–H and O–H groups in total. The van der Waals surface area contributed by atoms with Gasteiger partial charge in [-0.25, -0.2) is 15.6 Å². The highest BCUT2D eigenvalue weighted by molar-refractivity contribution is 6.18. The number of hydrazine groups is 1. The minimum Gasteiger partial charge on any atom is -0.497 e. The van der Waals surface area contributed by atoms with Crippen LogP contribution in [-0.4, -0.2) is 43.0 Å². The summed E-state index contributed by atoms with van der Waals surface area (Å²) in [6, 6.07) is 23.0. The number of carbonyl (C=O) groups excluding carboxylic acids is 1. The third kappa shape index (κ3) is 5.65. The summed E-state index contributed by atoms with van der Waals surface area (Å²) in [5, 5.41) is 3.74. The van der Waals surface area contributed by atoms with Crippen molar-refractivity contribution in [3.05, 3.63) is 72.8 Å². The summed E-state index contributed by atoms with van der Waals surface area (Å²) >= 11 is 12.3. The number of rotatable bonds is 9. The summed E-state index contributed by atoms with van der Waals surface area (Å²) in [6.07, 6.45) is 0. The molecule has 0 spiro atoms. The highest BCUT2D eigenvalue weighted by Gasteiger charge is 2.18. The number of nitrogens with two attached hydrogens (primary N) is 1. The number of hydrogen-bond acceptors (Lipinski definition) is 5. The van der Waals surface area contributed by atoms with Crippen LogP contribution < -0.4 is 26.2 Å². The number of pyridine rings is 1. The lowest BCUT2D eigenvalue weighted by atomic mass is 9.96. The molecule has 0 aliphatic rings. The second-order valence-electron chi connectivity index (χ2n) is 8.00. The van der Waals surface area contributed by atoms with Crippen molar-refractivity contribution < 1.29 is 9.53 Å². The van der Waals surface area contributed by atoms with Crippen LogP contribution in [0.25, 0.3) is 33.3 Å². The molecule has 0 aliphatic carbocycles. The molecule has 3 aromatic carbocycles. The number of aromatic nitrogens is 1. The molecule has 186 valence electrons. The molecule has 7 nitrogen and oxygen atoms in total. The zero-order chi connectivity index (χ0) is 25.5. The van der Waals surface area contributed by atoms with Crippen LogP contribution in [0.4, 0.5) is 16.2 Å². The van der Waals surface area contributed by atoms with E-state index in [1.807, 2.05) is 66.7 Å². The van der Waals surface area contributed by atoms with E-state index in [0.29, 0.717) is 30.5 Å². The second kappa shape index (κ2) is 11.9. The number of para-hydroxylation sites is 1. The molecule has 0 saturated carbocycles. The van der Waals surface area contributed by atoms with Gasteiger partial charge in [-0.3, -0.25) is 5.43 Å². The van der Waals surface area contributed by atoms with Crippen molar-refractivity contribution in [1.29, 1.82) is 0 Å². The molecule has 36 heavy (non-hydrogen) atoms. The van der Waals surface area contributed by atoms with Crippen LogP contribution in [-0.2, 0) is 0 Å². The van der Waals surface area contributed by atoms with Crippen molar-refractivity contribution in [3.8, 4) is 28.1 Å². The first-order valence-corrected chi connectivity index (χ1v) is 12.5. The molecule has 0 unspecified atom stereocenters. The van der Waals surface area contributed by atoms with Gasteiger partial charge in [0.1, 0.15) is 5.75 Å². The Morgan fingerprint density at radius 1 is 0.972 bits per heavy atom. The maximum absolute atomic E-state index is 12.0. The lowest BCUT2D eigenvalue weighted by Gasteiger charge is -2.27. The molecule has 4 rings (SSSR count). The van der Waals surface area contributed by atoms with Gasteiger partial charge in [0.2, 0.25) is 0 Å². The second-order valence-corrected chi connectivity index (χ2v) is 8.76. The molecular formula is C27H27Cl2N5O2. The zero-order valence-electron chi connectivity index (χ0n) is 19.8. The van der Waals surface area contributed by atoms with Gasteiger partial charge in [-0.2, -0.15) is 0 Å². The van der Waals surface area contributed by atoms with Crippen molar-refractivity contribution in [3.63, 3.8) is 0 Å². The summed E-state index contributed by atoms with van der Waals surface area (Å²) in [5.74, 6) is 6.92. The van der Waals surface area contributed by atoms with Crippen LogP contribution in [0.15, 0.2) is 72.8 Å². The first-order valence-electron chi connectivity index (χ1n) is 11.4. The fraction of sp³-hybridized carbons (Fsp3) is 0.185. The third-order valence-electron chi connectivity index (χ3n) is 5.81. The van der Waals surface area contributed by atoms with Crippen molar-refractivity contribution in [2.75, 3.05) is 42.2 Å². The molecule has 0 aliphatic heterocycles. The summed E-state index contributed by atoms with van der Waals surface area (Å²) in [6.45, 7) is 1.23. The monoisotopic (exact) mass is 523 g/mol. The van der Waals surface area contributed by atoms with Gasteiger partial charge in [-0.1, -0.05) is 30.3 Å². The van der Waals surface area contributed by atoms with E-state index in [9.17, 15) is 4.79 Å². The number of carbonyl (C=O) groups is 1. The number of methoxy groups -OCH3 is 1. The SMILES string of the molecule is COc1cccc(-c2cc(-c3cc(NC(=O)NN)ccc3N(CCCl)CCCl)c3ccccc3n2)c1. The first-order chi connectivity index (χ1) is 17.6. The van der Waals surface area contributed by atoms with Gasteiger partial charge in [0.05, 0.1) is 18.3 Å². The minimum absolute atomic E-state index is 0.443.